The van der Waals surface area contributed by atoms with Crippen molar-refractivity contribution >= 4 is 23.4 Å². The molecule has 2 aromatic rings. The first-order valence-corrected chi connectivity index (χ1v) is 7.62. The van der Waals surface area contributed by atoms with Crippen LogP contribution in [0.4, 0.5) is 5.69 Å². The number of anilines is 1. The average Bonchev–Trinajstić information content (AvgIpc) is 2.59. The number of hydrogen-bond acceptors (Lipinski definition) is 3. The van der Waals surface area contributed by atoms with Crippen molar-refractivity contribution in [2.24, 2.45) is 5.73 Å². The molecule has 0 aromatic heterocycles. The van der Waals surface area contributed by atoms with Gasteiger partial charge in [-0.2, -0.15) is 0 Å². The number of amides is 3. The number of rotatable bonds is 6. The second kappa shape index (κ2) is 7.92. The van der Waals surface area contributed by atoms with Gasteiger partial charge in [-0.3, -0.25) is 14.4 Å². The fourth-order valence-corrected chi connectivity index (χ4v) is 2.33. The Kier molecular flexibility index (Phi) is 5.68. The second-order valence-corrected chi connectivity index (χ2v) is 5.43. The van der Waals surface area contributed by atoms with Crippen LogP contribution in [-0.4, -0.2) is 17.7 Å². The van der Waals surface area contributed by atoms with Crippen LogP contribution < -0.4 is 16.4 Å². The molecule has 0 heterocycles. The van der Waals surface area contributed by atoms with Gasteiger partial charge in [0.05, 0.1) is 11.3 Å². The first-order valence-electron chi connectivity index (χ1n) is 7.62. The molecule has 4 N–H and O–H groups in total. The molecule has 6 heteroatoms. The van der Waals surface area contributed by atoms with Crippen LogP contribution in [0.15, 0.2) is 55.1 Å². The maximum absolute atomic E-state index is 12.4. The third-order valence-corrected chi connectivity index (χ3v) is 3.64. The van der Waals surface area contributed by atoms with Crippen LogP contribution in [0.2, 0.25) is 0 Å². The molecule has 0 fully saturated rings. The third kappa shape index (κ3) is 4.54. The zero-order chi connectivity index (χ0) is 18.4. The highest BCUT2D eigenvalue weighted by Crippen LogP contribution is 2.20. The van der Waals surface area contributed by atoms with Crippen molar-refractivity contribution in [3.63, 3.8) is 0 Å². The largest absolute Gasteiger partial charge is 0.366 e. The quantitative estimate of drug-likeness (QED) is 0.704. The number of primary amides is 1. The van der Waals surface area contributed by atoms with Crippen molar-refractivity contribution in [3.05, 3.63) is 77.4 Å². The molecule has 6 nitrogen and oxygen atoms in total. The minimum absolute atomic E-state index is 0.264. The van der Waals surface area contributed by atoms with Crippen molar-refractivity contribution in [3.8, 4) is 0 Å². The van der Waals surface area contributed by atoms with Crippen LogP contribution in [0, 0.1) is 6.92 Å². The first kappa shape index (κ1) is 17.9. The summed E-state index contributed by atoms with van der Waals surface area (Å²) in [7, 11) is 0. The van der Waals surface area contributed by atoms with Gasteiger partial charge in [0.2, 0.25) is 5.91 Å². The topological polar surface area (TPSA) is 101 Å². The molecule has 0 unspecified atom stereocenters. The van der Waals surface area contributed by atoms with E-state index in [1.165, 1.54) is 6.08 Å². The summed E-state index contributed by atoms with van der Waals surface area (Å²) in [6.45, 7) is 5.47. The van der Waals surface area contributed by atoms with Crippen molar-refractivity contribution in [2.45, 2.75) is 13.5 Å². The van der Waals surface area contributed by atoms with Crippen LogP contribution in [0.3, 0.4) is 0 Å². The summed E-state index contributed by atoms with van der Waals surface area (Å²) in [6.07, 6.45) is 1.19. The Morgan fingerprint density at radius 3 is 2.40 bits per heavy atom. The highest BCUT2D eigenvalue weighted by molar-refractivity contribution is 6.09. The van der Waals surface area contributed by atoms with E-state index in [0.29, 0.717) is 28.9 Å². The van der Waals surface area contributed by atoms with Gasteiger partial charge in [0.25, 0.3) is 11.8 Å². The Labute approximate surface area is 145 Å². The summed E-state index contributed by atoms with van der Waals surface area (Å²) in [5.41, 5.74) is 8.02. The molecule has 0 atom stereocenters. The standard InChI is InChI=1S/C19H19N3O3/c1-3-16(23)21-11-13-7-9-14(10-8-13)19(25)22-15-6-4-5-12(2)17(15)18(20)24/h3-10H,1,11H2,2H3,(H2,20,24)(H,21,23)(H,22,25). The molecule has 2 rings (SSSR count). The van der Waals surface area contributed by atoms with Gasteiger partial charge in [-0.05, 0) is 42.3 Å². The summed E-state index contributed by atoms with van der Waals surface area (Å²) in [6, 6.07) is 11.9. The predicted octanol–water partition coefficient (Wildman–Crippen LogP) is 2.15. The van der Waals surface area contributed by atoms with Crippen molar-refractivity contribution in [1.82, 2.24) is 5.32 Å². The Balaban J connectivity index is 2.12. The van der Waals surface area contributed by atoms with E-state index < -0.39 is 5.91 Å². The number of hydrogen-bond donors (Lipinski definition) is 3. The average molecular weight is 337 g/mol. The van der Waals surface area contributed by atoms with E-state index in [2.05, 4.69) is 17.2 Å². The fraction of sp³-hybridized carbons (Fsp3) is 0.105. The van der Waals surface area contributed by atoms with E-state index in [1.54, 1.807) is 49.4 Å². The minimum Gasteiger partial charge on any atom is -0.366 e. The summed E-state index contributed by atoms with van der Waals surface area (Å²) >= 11 is 0. The molecule has 0 saturated carbocycles. The number of aryl methyl sites for hydroxylation is 1. The lowest BCUT2D eigenvalue weighted by Gasteiger charge is -2.11. The molecule has 0 aliphatic carbocycles. The number of benzene rings is 2. The molecule has 128 valence electrons. The Morgan fingerprint density at radius 2 is 1.80 bits per heavy atom. The van der Waals surface area contributed by atoms with Gasteiger partial charge in [-0.1, -0.05) is 30.8 Å². The minimum atomic E-state index is -0.596. The van der Waals surface area contributed by atoms with E-state index in [-0.39, 0.29) is 11.8 Å². The van der Waals surface area contributed by atoms with Crippen LogP contribution in [-0.2, 0) is 11.3 Å². The van der Waals surface area contributed by atoms with E-state index in [1.807, 2.05) is 0 Å². The molecular formula is C19H19N3O3. The SMILES string of the molecule is C=CC(=O)NCc1ccc(C(=O)Nc2cccc(C)c2C(N)=O)cc1. The highest BCUT2D eigenvalue weighted by Gasteiger charge is 2.14. The first-order chi connectivity index (χ1) is 11.9. The Bertz CT molecular complexity index is 826. The van der Waals surface area contributed by atoms with Crippen LogP contribution in [0.25, 0.3) is 0 Å². The van der Waals surface area contributed by atoms with E-state index >= 15 is 0 Å². The van der Waals surface area contributed by atoms with E-state index in [4.69, 9.17) is 5.73 Å². The summed E-state index contributed by atoms with van der Waals surface area (Å²) in [5.74, 6) is -1.21. The summed E-state index contributed by atoms with van der Waals surface area (Å²) < 4.78 is 0. The van der Waals surface area contributed by atoms with Crippen molar-refractivity contribution in [1.29, 1.82) is 0 Å². The molecule has 0 aliphatic heterocycles. The van der Waals surface area contributed by atoms with Crippen molar-refractivity contribution in [2.75, 3.05) is 5.32 Å². The molecule has 0 saturated heterocycles. The number of nitrogens with one attached hydrogen (secondary N) is 2. The second-order valence-electron chi connectivity index (χ2n) is 5.43. The monoisotopic (exact) mass is 337 g/mol. The molecule has 2 aromatic carbocycles. The van der Waals surface area contributed by atoms with Crippen LogP contribution in [0.5, 0.6) is 0 Å². The Hall–Kier alpha value is -3.41. The predicted molar refractivity (Wildman–Crippen MR) is 96.1 cm³/mol. The van der Waals surface area contributed by atoms with Gasteiger partial charge in [-0.15, -0.1) is 0 Å². The van der Waals surface area contributed by atoms with E-state index in [0.717, 1.165) is 5.56 Å². The lowest BCUT2D eigenvalue weighted by atomic mass is 10.1. The highest BCUT2D eigenvalue weighted by atomic mass is 16.2. The smallest absolute Gasteiger partial charge is 0.255 e. The summed E-state index contributed by atoms with van der Waals surface area (Å²) in [5, 5.41) is 5.36. The number of carbonyl (C=O) groups excluding carboxylic acids is 3. The van der Waals surface area contributed by atoms with Gasteiger partial charge in [0.1, 0.15) is 0 Å². The Morgan fingerprint density at radius 1 is 1.12 bits per heavy atom. The number of nitrogens with two attached hydrogens (primary N) is 1. The molecule has 25 heavy (non-hydrogen) atoms. The lowest BCUT2D eigenvalue weighted by Crippen LogP contribution is -2.20. The van der Waals surface area contributed by atoms with E-state index in [9.17, 15) is 14.4 Å². The third-order valence-electron chi connectivity index (χ3n) is 3.64. The van der Waals surface area contributed by atoms with Crippen molar-refractivity contribution < 1.29 is 14.4 Å². The fourth-order valence-electron chi connectivity index (χ4n) is 2.33. The molecular weight excluding hydrogens is 318 g/mol. The molecule has 0 radical (unpaired) electrons. The zero-order valence-electron chi connectivity index (χ0n) is 13.8. The normalized spacial score (nSPS) is 9.96. The zero-order valence-corrected chi connectivity index (χ0v) is 13.8. The van der Waals surface area contributed by atoms with Gasteiger partial charge in [0, 0.05) is 12.1 Å². The lowest BCUT2D eigenvalue weighted by molar-refractivity contribution is -0.116. The molecule has 0 spiro atoms. The summed E-state index contributed by atoms with van der Waals surface area (Å²) in [4.78, 5) is 35.1. The van der Waals surface area contributed by atoms with Gasteiger partial charge < -0.3 is 16.4 Å². The van der Waals surface area contributed by atoms with Gasteiger partial charge in [-0.25, -0.2) is 0 Å². The van der Waals surface area contributed by atoms with Crippen LogP contribution in [0.1, 0.15) is 31.8 Å². The maximum Gasteiger partial charge on any atom is 0.255 e. The van der Waals surface area contributed by atoms with Gasteiger partial charge >= 0.3 is 0 Å². The molecule has 0 bridgehead atoms. The van der Waals surface area contributed by atoms with Gasteiger partial charge in [0.15, 0.2) is 0 Å². The molecule has 3 amide bonds. The number of carbonyl (C=O) groups is 3. The maximum atomic E-state index is 12.4. The molecule has 0 aliphatic rings. The van der Waals surface area contributed by atoms with Crippen LogP contribution >= 0.6 is 0 Å².